The van der Waals surface area contributed by atoms with Crippen molar-refractivity contribution in [2.45, 2.75) is 19.6 Å². The van der Waals surface area contributed by atoms with Crippen molar-refractivity contribution in [3.05, 3.63) is 29.0 Å². The summed E-state index contributed by atoms with van der Waals surface area (Å²) in [7, 11) is 0. The number of amides is 1. The first-order valence-corrected chi connectivity index (χ1v) is 4.62. The van der Waals surface area contributed by atoms with E-state index in [1.165, 1.54) is 6.20 Å². The van der Waals surface area contributed by atoms with E-state index in [0.717, 1.165) is 0 Å². The maximum absolute atomic E-state index is 11.4. The second-order valence-electron chi connectivity index (χ2n) is 2.73. The molecule has 0 saturated heterocycles. The zero-order valence-electron chi connectivity index (χ0n) is 7.70. The van der Waals surface area contributed by atoms with E-state index in [2.05, 4.69) is 10.3 Å². The summed E-state index contributed by atoms with van der Waals surface area (Å²) in [6, 6.07) is 3.21. The molecule has 1 aromatic rings. The molecule has 76 valence electrons. The van der Waals surface area contributed by atoms with Crippen LogP contribution in [0.4, 0.5) is 0 Å². The molecule has 1 amide bonds. The van der Waals surface area contributed by atoms with Gasteiger partial charge in [-0.05, 0) is 18.6 Å². The first-order chi connectivity index (χ1) is 6.65. The van der Waals surface area contributed by atoms with Gasteiger partial charge in [0, 0.05) is 6.20 Å². The molecule has 0 radical (unpaired) electrons. The van der Waals surface area contributed by atoms with Gasteiger partial charge in [-0.2, -0.15) is 0 Å². The van der Waals surface area contributed by atoms with Gasteiger partial charge in [0.05, 0.1) is 5.02 Å². The number of carbonyl (C=O) groups excluding carboxylic acids is 1. The van der Waals surface area contributed by atoms with E-state index in [4.69, 9.17) is 11.6 Å². The molecule has 1 aromatic heterocycles. The maximum Gasteiger partial charge on any atom is 0.273 e. The standard InChI is InChI=1S/C9H11ClN2O2/c1-2-7(13)12-9(14)8-6(10)4-3-5-11-8/h3-5,7,13H,2H2,1H3,(H,12,14). The van der Waals surface area contributed by atoms with Gasteiger partial charge in [0.15, 0.2) is 0 Å². The summed E-state index contributed by atoms with van der Waals surface area (Å²) in [5.74, 6) is -0.468. The molecule has 1 unspecified atom stereocenters. The number of nitrogens with one attached hydrogen (secondary N) is 1. The van der Waals surface area contributed by atoms with Gasteiger partial charge in [0.25, 0.3) is 5.91 Å². The lowest BCUT2D eigenvalue weighted by molar-refractivity contribution is 0.0771. The zero-order valence-corrected chi connectivity index (χ0v) is 8.45. The van der Waals surface area contributed by atoms with Gasteiger partial charge < -0.3 is 10.4 Å². The largest absolute Gasteiger partial charge is 0.374 e. The van der Waals surface area contributed by atoms with Gasteiger partial charge in [-0.1, -0.05) is 18.5 Å². The molecule has 0 bridgehead atoms. The van der Waals surface area contributed by atoms with Crippen LogP contribution in [0.2, 0.25) is 5.02 Å². The Balaban J connectivity index is 2.75. The zero-order chi connectivity index (χ0) is 10.6. The fraction of sp³-hybridized carbons (Fsp3) is 0.333. The molecular weight excluding hydrogens is 204 g/mol. The van der Waals surface area contributed by atoms with Crippen molar-refractivity contribution >= 4 is 17.5 Å². The minimum atomic E-state index is -0.861. The Morgan fingerprint density at radius 3 is 3.07 bits per heavy atom. The molecule has 1 heterocycles. The molecule has 4 nitrogen and oxygen atoms in total. The average Bonchev–Trinajstić information content (AvgIpc) is 2.18. The normalized spacial score (nSPS) is 12.2. The molecule has 1 rings (SSSR count). The Labute approximate surface area is 86.9 Å². The van der Waals surface area contributed by atoms with Crippen LogP contribution >= 0.6 is 11.6 Å². The minimum Gasteiger partial charge on any atom is -0.374 e. The number of carbonyl (C=O) groups is 1. The number of pyridine rings is 1. The lowest BCUT2D eigenvalue weighted by atomic mass is 10.3. The third-order valence-corrected chi connectivity index (χ3v) is 1.96. The molecule has 0 aromatic carbocycles. The Morgan fingerprint density at radius 1 is 1.79 bits per heavy atom. The maximum atomic E-state index is 11.4. The summed E-state index contributed by atoms with van der Waals surface area (Å²) in [6.07, 6.45) is 1.05. The molecule has 0 aliphatic heterocycles. The van der Waals surface area contributed by atoms with Gasteiger partial charge >= 0.3 is 0 Å². The van der Waals surface area contributed by atoms with Crippen molar-refractivity contribution in [2.75, 3.05) is 0 Å². The monoisotopic (exact) mass is 214 g/mol. The number of nitrogens with zero attached hydrogens (tertiary/aromatic N) is 1. The van der Waals surface area contributed by atoms with E-state index in [1.54, 1.807) is 19.1 Å². The highest BCUT2D eigenvalue weighted by molar-refractivity contribution is 6.33. The Morgan fingerprint density at radius 2 is 2.50 bits per heavy atom. The highest BCUT2D eigenvalue weighted by Gasteiger charge is 2.13. The quantitative estimate of drug-likeness (QED) is 0.744. The van der Waals surface area contributed by atoms with Gasteiger partial charge in [-0.3, -0.25) is 4.79 Å². The smallest absolute Gasteiger partial charge is 0.273 e. The first-order valence-electron chi connectivity index (χ1n) is 4.24. The molecule has 5 heteroatoms. The fourth-order valence-corrected chi connectivity index (χ4v) is 1.08. The Bertz CT molecular complexity index is 330. The van der Waals surface area contributed by atoms with Gasteiger partial charge in [0.1, 0.15) is 11.9 Å². The topological polar surface area (TPSA) is 62.2 Å². The van der Waals surface area contributed by atoms with Crippen molar-refractivity contribution in [3.63, 3.8) is 0 Å². The molecule has 0 fully saturated rings. The highest BCUT2D eigenvalue weighted by atomic mass is 35.5. The molecule has 14 heavy (non-hydrogen) atoms. The molecule has 1 atom stereocenters. The van der Waals surface area contributed by atoms with Crippen LogP contribution in [-0.4, -0.2) is 22.2 Å². The third-order valence-electron chi connectivity index (χ3n) is 1.66. The van der Waals surface area contributed by atoms with E-state index in [1.807, 2.05) is 0 Å². The number of rotatable bonds is 3. The number of halogens is 1. The van der Waals surface area contributed by atoms with E-state index < -0.39 is 12.1 Å². The number of hydrogen-bond donors (Lipinski definition) is 2. The Hall–Kier alpha value is -1.13. The van der Waals surface area contributed by atoms with Crippen LogP contribution in [0.3, 0.4) is 0 Å². The van der Waals surface area contributed by atoms with Crippen LogP contribution in [0.25, 0.3) is 0 Å². The predicted molar refractivity (Wildman–Crippen MR) is 53.0 cm³/mol. The van der Waals surface area contributed by atoms with Crippen molar-refractivity contribution in [2.24, 2.45) is 0 Å². The average molecular weight is 215 g/mol. The van der Waals surface area contributed by atoms with Crippen LogP contribution in [-0.2, 0) is 0 Å². The molecule has 0 aliphatic carbocycles. The van der Waals surface area contributed by atoms with Gasteiger partial charge in [-0.15, -0.1) is 0 Å². The summed E-state index contributed by atoms with van der Waals surface area (Å²) in [6.45, 7) is 1.75. The van der Waals surface area contributed by atoms with Crippen LogP contribution in [0.5, 0.6) is 0 Å². The summed E-state index contributed by atoms with van der Waals surface area (Å²) >= 11 is 5.74. The van der Waals surface area contributed by atoms with Crippen LogP contribution < -0.4 is 5.32 Å². The molecular formula is C9H11ClN2O2. The van der Waals surface area contributed by atoms with E-state index in [9.17, 15) is 9.90 Å². The summed E-state index contributed by atoms with van der Waals surface area (Å²) in [4.78, 5) is 15.2. The van der Waals surface area contributed by atoms with Crippen LogP contribution in [0.1, 0.15) is 23.8 Å². The minimum absolute atomic E-state index is 0.127. The number of aliphatic hydroxyl groups is 1. The SMILES string of the molecule is CCC(O)NC(=O)c1ncccc1Cl. The van der Waals surface area contributed by atoms with Gasteiger partial charge in [0.2, 0.25) is 0 Å². The molecule has 0 spiro atoms. The fourth-order valence-electron chi connectivity index (χ4n) is 0.875. The molecule has 2 N–H and O–H groups in total. The van der Waals surface area contributed by atoms with Gasteiger partial charge in [-0.25, -0.2) is 4.98 Å². The highest BCUT2D eigenvalue weighted by Crippen LogP contribution is 2.11. The van der Waals surface area contributed by atoms with E-state index in [-0.39, 0.29) is 10.7 Å². The summed E-state index contributed by atoms with van der Waals surface area (Å²) < 4.78 is 0. The van der Waals surface area contributed by atoms with Crippen molar-refractivity contribution in [1.29, 1.82) is 0 Å². The lowest BCUT2D eigenvalue weighted by Crippen LogP contribution is -2.34. The second-order valence-corrected chi connectivity index (χ2v) is 3.14. The summed E-state index contributed by atoms with van der Waals surface area (Å²) in [5.41, 5.74) is 0.127. The second kappa shape index (κ2) is 4.93. The number of aliphatic hydroxyl groups excluding tert-OH is 1. The summed E-state index contributed by atoms with van der Waals surface area (Å²) in [5, 5.41) is 11.8. The van der Waals surface area contributed by atoms with Crippen LogP contribution in [0.15, 0.2) is 18.3 Å². The van der Waals surface area contributed by atoms with Crippen molar-refractivity contribution < 1.29 is 9.90 Å². The Kier molecular flexibility index (Phi) is 3.85. The number of aromatic nitrogens is 1. The van der Waals surface area contributed by atoms with Crippen LogP contribution in [0, 0.1) is 0 Å². The molecule has 0 aliphatic rings. The first kappa shape index (κ1) is 10.9. The predicted octanol–water partition coefficient (Wildman–Crippen LogP) is 1.19. The lowest BCUT2D eigenvalue weighted by Gasteiger charge is -2.10. The number of hydrogen-bond acceptors (Lipinski definition) is 3. The third kappa shape index (κ3) is 2.68. The molecule has 0 saturated carbocycles. The van der Waals surface area contributed by atoms with E-state index in [0.29, 0.717) is 6.42 Å². The van der Waals surface area contributed by atoms with Crippen molar-refractivity contribution in [1.82, 2.24) is 10.3 Å². The van der Waals surface area contributed by atoms with E-state index >= 15 is 0 Å². The van der Waals surface area contributed by atoms with Crippen molar-refractivity contribution in [3.8, 4) is 0 Å².